The molecule has 0 aliphatic rings. The van der Waals surface area contributed by atoms with Crippen molar-refractivity contribution in [2.24, 2.45) is 0 Å². The van der Waals surface area contributed by atoms with Crippen molar-refractivity contribution >= 4 is 34.8 Å². The van der Waals surface area contributed by atoms with Crippen LogP contribution in [0.3, 0.4) is 0 Å². The Morgan fingerprint density at radius 3 is 2.39 bits per heavy atom. The molecule has 0 spiro atoms. The van der Waals surface area contributed by atoms with E-state index in [-0.39, 0.29) is 5.91 Å². The Labute approximate surface area is 174 Å². The molecule has 3 aromatic carbocycles. The van der Waals surface area contributed by atoms with E-state index in [0.717, 1.165) is 11.1 Å². The van der Waals surface area contributed by atoms with Crippen LogP contribution in [-0.2, 0) is 6.61 Å². The molecule has 0 atom stereocenters. The zero-order chi connectivity index (χ0) is 20.1. The first-order valence-corrected chi connectivity index (χ1v) is 9.34. The number of nitrogens with one attached hydrogen (secondary N) is 1. The van der Waals surface area contributed by atoms with Crippen LogP contribution in [0.5, 0.6) is 11.5 Å². The van der Waals surface area contributed by atoms with Crippen LogP contribution >= 0.6 is 23.2 Å². The number of carbonyl (C=O) groups is 1. The highest BCUT2D eigenvalue weighted by Crippen LogP contribution is 2.29. The van der Waals surface area contributed by atoms with Gasteiger partial charge in [0.25, 0.3) is 5.91 Å². The third-order valence-corrected chi connectivity index (χ3v) is 4.82. The Morgan fingerprint density at radius 1 is 0.964 bits per heavy atom. The quantitative estimate of drug-likeness (QED) is 0.525. The molecule has 0 bridgehead atoms. The number of amides is 1. The van der Waals surface area contributed by atoms with Gasteiger partial charge >= 0.3 is 0 Å². The molecular formula is C22H19Cl2NO3. The number of methoxy groups -OCH3 is 1. The van der Waals surface area contributed by atoms with Gasteiger partial charge in [0.1, 0.15) is 6.61 Å². The maximum atomic E-state index is 12.5. The first-order chi connectivity index (χ1) is 13.5. The highest BCUT2D eigenvalue weighted by molar-refractivity contribution is 6.31. The van der Waals surface area contributed by atoms with Crippen molar-refractivity contribution in [2.75, 3.05) is 12.4 Å². The summed E-state index contributed by atoms with van der Waals surface area (Å²) >= 11 is 12.0. The van der Waals surface area contributed by atoms with Crippen molar-refractivity contribution in [3.63, 3.8) is 0 Å². The molecule has 4 nitrogen and oxygen atoms in total. The lowest BCUT2D eigenvalue weighted by Gasteiger charge is -2.13. The van der Waals surface area contributed by atoms with Crippen LogP contribution in [0.4, 0.5) is 5.69 Å². The minimum Gasteiger partial charge on any atom is -0.493 e. The summed E-state index contributed by atoms with van der Waals surface area (Å²) in [6, 6.07) is 17.8. The molecule has 0 unspecified atom stereocenters. The first kappa shape index (κ1) is 20.1. The molecule has 144 valence electrons. The van der Waals surface area contributed by atoms with E-state index in [9.17, 15) is 4.79 Å². The van der Waals surface area contributed by atoms with Gasteiger partial charge < -0.3 is 14.8 Å². The molecule has 0 saturated carbocycles. The molecule has 1 amide bonds. The van der Waals surface area contributed by atoms with Crippen molar-refractivity contribution in [1.29, 1.82) is 0 Å². The van der Waals surface area contributed by atoms with E-state index in [1.165, 1.54) is 7.11 Å². The smallest absolute Gasteiger partial charge is 0.255 e. The molecule has 28 heavy (non-hydrogen) atoms. The summed E-state index contributed by atoms with van der Waals surface area (Å²) in [6.45, 7) is 2.27. The van der Waals surface area contributed by atoms with Crippen LogP contribution in [0.1, 0.15) is 21.5 Å². The number of halogens is 2. The Morgan fingerprint density at radius 2 is 1.71 bits per heavy atom. The fourth-order valence-corrected chi connectivity index (χ4v) is 2.85. The van der Waals surface area contributed by atoms with Crippen molar-refractivity contribution in [3.05, 3.63) is 87.4 Å². The lowest BCUT2D eigenvalue weighted by atomic mass is 10.1. The summed E-state index contributed by atoms with van der Waals surface area (Å²) in [6.07, 6.45) is 0. The summed E-state index contributed by atoms with van der Waals surface area (Å²) in [5.41, 5.74) is 3.00. The Bertz CT molecular complexity index is 988. The van der Waals surface area contributed by atoms with E-state index in [0.29, 0.717) is 39.4 Å². The molecule has 0 aromatic heterocycles. The molecule has 0 fully saturated rings. The van der Waals surface area contributed by atoms with Gasteiger partial charge in [0, 0.05) is 21.3 Å². The third-order valence-electron chi connectivity index (χ3n) is 4.16. The van der Waals surface area contributed by atoms with Crippen molar-refractivity contribution in [2.45, 2.75) is 13.5 Å². The molecule has 0 aliphatic carbocycles. The van der Waals surface area contributed by atoms with Crippen molar-refractivity contribution in [3.8, 4) is 11.5 Å². The van der Waals surface area contributed by atoms with Gasteiger partial charge in [-0.2, -0.15) is 0 Å². The van der Waals surface area contributed by atoms with E-state index >= 15 is 0 Å². The molecule has 0 radical (unpaired) electrons. The van der Waals surface area contributed by atoms with Crippen LogP contribution in [0.15, 0.2) is 60.7 Å². The monoisotopic (exact) mass is 415 g/mol. The van der Waals surface area contributed by atoms with Gasteiger partial charge in [-0.05, 0) is 60.5 Å². The number of benzene rings is 3. The number of ether oxygens (including phenoxy) is 2. The summed E-state index contributed by atoms with van der Waals surface area (Å²) in [5, 5.41) is 4.10. The average Bonchev–Trinajstić information content (AvgIpc) is 2.70. The lowest BCUT2D eigenvalue weighted by molar-refractivity contribution is 0.102. The van der Waals surface area contributed by atoms with E-state index in [4.69, 9.17) is 32.7 Å². The van der Waals surface area contributed by atoms with Crippen LogP contribution in [0.25, 0.3) is 0 Å². The normalized spacial score (nSPS) is 10.4. The fourth-order valence-electron chi connectivity index (χ4n) is 2.54. The molecule has 0 heterocycles. The Balaban J connectivity index is 1.71. The fraction of sp³-hybridized carbons (Fsp3) is 0.136. The number of hydrogen-bond acceptors (Lipinski definition) is 3. The zero-order valence-corrected chi connectivity index (χ0v) is 17.0. The third kappa shape index (κ3) is 4.97. The summed E-state index contributed by atoms with van der Waals surface area (Å²) in [5.74, 6) is 0.762. The van der Waals surface area contributed by atoms with Gasteiger partial charge in [-0.3, -0.25) is 4.79 Å². The molecular weight excluding hydrogens is 397 g/mol. The highest BCUT2D eigenvalue weighted by Gasteiger charge is 2.12. The molecule has 6 heteroatoms. The minimum atomic E-state index is -0.262. The van der Waals surface area contributed by atoms with Crippen LogP contribution < -0.4 is 14.8 Å². The molecule has 3 aromatic rings. The number of rotatable bonds is 6. The second-order valence-corrected chi connectivity index (χ2v) is 7.04. The van der Waals surface area contributed by atoms with E-state index in [1.807, 2.05) is 37.3 Å². The second kappa shape index (κ2) is 9.00. The maximum absolute atomic E-state index is 12.5. The SMILES string of the molecule is COc1cc(C(=O)Nc2ccc(C)c(Cl)c2)ccc1OCc1ccc(Cl)cc1. The Kier molecular flexibility index (Phi) is 6.45. The van der Waals surface area contributed by atoms with Crippen LogP contribution in [0.2, 0.25) is 10.0 Å². The van der Waals surface area contributed by atoms with E-state index < -0.39 is 0 Å². The predicted octanol–water partition coefficient (Wildman–Crippen LogP) is 6.14. The van der Waals surface area contributed by atoms with Gasteiger partial charge in [0.15, 0.2) is 11.5 Å². The van der Waals surface area contributed by atoms with Crippen molar-refractivity contribution in [1.82, 2.24) is 0 Å². The number of carbonyl (C=O) groups excluding carboxylic acids is 1. The topological polar surface area (TPSA) is 47.6 Å². The summed E-state index contributed by atoms with van der Waals surface area (Å²) < 4.78 is 11.2. The first-order valence-electron chi connectivity index (χ1n) is 8.59. The Hall–Kier alpha value is -2.69. The van der Waals surface area contributed by atoms with Gasteiger partial charge in [0.2, 0.25) is 0 Å². The summed E-state index contributed by atoms with van der Waals surface area (Å²) in [4.78, 5) is 12.5. The van der Waals surface area contributed by atoms with Gasteiger partial charge in [-0.15, -0.1) is 0 Å². The zero-order valence-electron chi connectivity index (χ0n) is 15.5. The highest BCUT2D eigenvalue weighted by atomic mass is 35.5. The molecule has 3 rings (SSSR count). The standard InChI is InChI=1S/C22H19Cl2NO3/c1-14-3-9-18(12-19(14)24)25-22(26)16-6-10-20(21(11-16)27-2)28-13-15-4-7-17(23)8-5-15/h3-12H,13H2,1-2H3,(H,25,26). The van der Waals surface area contributed by atoms with E-state index in [1.54, 1.807) is 30.3 Å². The van der Waals surface area contributed by atoms with Gasteiger partial charge in [0.05, 0.1) is 7.11 Å². The second-order valence-electron chi connectivity index (χ2n) is 6.20. The molecule has 0 saturated heterocycles. The lowest BCUT2D eigenvalue weighted by Crippen LogP contribution is -2.12. The van der Waals surface area contributed by atoms with Crippen molar-refractivity contribution < 1.29 is 14.3 Å². The summed E-state index contributed by atoms with van der Waals surface area (Å²) in [7, 11) is 1.53. The number of aryl methyl sites for hydroxylation is 1. The number of anilines is 1. The maximum Gasteiger partial charge on any atom is 0.255 e. The molecule has 1 N–H and O–H groups in total. The predicted molar refractivity (Wildman–Crippen MR) is 113 cm³/mol. The van der Waals surface area contributed by atoms with Crippen LogP contribution in [0, 0.1) is 6.92 Å². The van der Waals surface area contributed by atoms with E-state index in [2.05, 4.69) is 5.32 Å². The molecule has 0 aliphatic heterocycles. The number of hydrogen-bond donors (Lipinski definition) is 1. The largest absolute Gasteiger partial charge is 0.493 e. The van der Waals surface area contributed by atoms with Gasteiger partial charge in [-0.25, -0.2) is 0 Å². The van der Waals surface area contributed by atoms with Gasteiger partial charge in [-0.1, -0.05) is 41.4 Å². The average molecular weight is 416 g/mol. The minimum absolute atomic E-state index is 0.262. The van der Waals surface area contributed by atoms with Crippen LogP contribution in [-0.4, -0.2) is 13.0 Å².